The van der Waals surface area contributed by atoms with Gasteiger partial charge in [-0.25, -0.2) is 0 Å². The lowest BCUT2D eigenvalue weighted by atomic mass is 10.0. The molecule has 0 bridgehead atoms. The summed E-state index contributed by atoms with van der Waals surface area (Å²) in [5.74, 6) is -0.755. The third-order valence-electron chi connectivity index (χ3n) is 5.23. The number of carbonyl (C=O) groups excluding carboxylic acids is 3. The Morgan fingerprint density at radius 2 is 2.04 bits per heavy atom. The van der Waals surface area contributed by atoms with E-state index in [1.165, 1.54) is 6.42 Å². The Bertz CT molecular complexity index is 729. The van der Waals surface area contributed by atoms with Gasteiger partial charge in [0.15, 0.2) is 0 Å². The largest absolute Gasteiger partial charge is 0.322 e. The molecule has 0 radical (unpaired) electrons. The maximum Gasteiger partial charge on any atom is 0.255 e. The molecule has 1 aromatic rings. The van der Waals surface area contributed by atoms with Gasteiger partial charge in [-0.05, 0) is 36.6 Å². The first-order chi connectivity index (χ1) is 12.1. The molecule has 7 heteroatoms. The molecule has 0 spiro atoms. The molecule has 2 saturated heterocycles. The van der Waals surface area contributed by atoms with Gasteiger partial charge in [0.25, 0.3) is 5.91 Å². The Kier molecular flexibility index (Phi) is 4.27. The van der Waals surface area contributed by atoms with Crippen LogP contribution < -0.4 is 16.0 Å². The number of nitrogens with one attached hydrogen (secondary N) is 3. The molecule has 2 atom stereocenters. The number of piperidine rings is 1. The molecule has 1 aromatic carbocycles. The van der Waals surface area contributed by atoms with E-state index < -0.39 is 6.04 Å². The summed E-state index contributed by atoms with van der Waals surface area (Å²) in [5, 5.41) is 9.11. The van der Waals surface area contributed by atoms with E-state index >= 15 is 0 Å². The van der Waals surface area contributed by atoms with Crippen LogP contribution in [0.15, 0.2) is 18.2 Å². The average Bonchev–Trinajstić information content (AvgIpc) is 2.86. The van der Waals surface area contributed by atoms with E-state index in [-0.39, 0.29) is 24.1 Å². The second kappa shape index (κ2) is 6.57. The molecule has 0 aliphatic carbocycles. The van der Waals surface area contributed by atoms with Crippen LogP contribution in [0.4, 0.5) is 0 Å². The Morgan fingerprint density at radius 3 is 2.76 bits per heavy atom. The number of rotatable bonds is 5. The lowest BCUT2D eigenvalue weighted by molar-refractivity contribution is -0.136. The van der Waals surface area contributed by atoms with Crippen LogP contribution in [0.1, 0.15) is 40.7 Å². The molecule has 3 aliphatic rings. The van der Waals surface area contributed by atoms with Crippen molar-refractivity contribution >= 4 is 17.7 Å². The maximum absolute atomic E-state index is 12.6. The molecular formula is C18H22N4O3. The number of fused-ring (bicyclic) bond motifs is 1. The SMILES string of the molecule is O=C1CCC(N2Cc3cc(CNC[C@H]4CCN4)ccc3C2=O)C(=O)N1. The summed E-state index contributed by atoms with van der Waals surface area (Å²) in [6.45, 7) is 3.23. The van der Waals surface area contributed by atoms with E-state index in [0.29, 0.717) is 24.6 Å². The summed E-state index contributed by atoms with van der Waals surface area (Å²) in [4.78, 5) is 37.6. The van der Waals surface area contributed by atoms with Crippen molar-refractivity contribution in [1.82, 2.24) is 20.9 Å². The zero-order chi connectivity index (χ0) is 17.4. The summed E-state index contributed by atoms with van der Waals surface area (Å²) < 4.78 is 0. The normalized spacial score (nSPS) is 25.6. The van der Waals surface area contributed by atoms with Gasteiger partial charge < -0.3 is 15.5 Å². The number of imide groups is 1. The van der Waals surface area contributed by atoms with Gasteiger partial charge in [-0.15, -0.1) is 0 Å². The molecule has 3 N–H and O–H groups in total. The second-order valence-electron chi connectivity index (χ2n) is 6.96. The van der Waals surface area contributed by atoms with Crippen molar-refractivity contribution in [1.29, 1.82) is 0 Å². The fraction of sp³-hybridized carbons (Fsp3) is 0.500. The zero-order valence-electron chi connectivity index (χ0n) is 14.0. The maximum atomic E-state index is 12.6. The van der Waals surface area contributed by atoms with Crippen LogP contribution in [0, 0.1) is 0 Å². The molecule has 4 rings (SSSR count). The van der Waals surface area contributed by atoms with E-state index in [1.807, 2.05) is 18.2 Å². The summed E-state index contributed by atoms with van der Waals surface area (Å²) in [5.41, 5.74) is 2.75. The predicted molar refractivity (Wildman–Crippen MR) is 90.6 cm³/mol. The number of hydrogen-bond acceptors (Lipinski definition) is 5. The molecule has 1 unspecified atom stereocenters. The molecular weight excluding hydrogens is 320 g/mol. The fourth-order valence-electron chi connectivity index (χ4n) is 3.65. The molecule has 0 saturated carbocycles. The van der Waals surface area contributed by atoms with Gasteiger partial charge in [0.05, 0.1) is 0 Å². The molecule has 3 heterocycles. The van der Waals surface area contributed by atoms with Crippen LogP contribution in [-0.4, -0.2) is 47.8 Å². The lowest BCUT2D eigenvalue weighted by Crippen LogP contribution is -2.52. The minimum Gasteiger partial charge on any atom is -0.322 e. The minimum atomic E-state index is -0.552. The van der Waals surface area contributed by atoms with Gasteiger partial charge in [-0.1, -0.05) is 12.1 Å². The number of amides is 3. The Labute approximate surface area is 146 Å². The van der Waals surface area contributed by atoms with Crippen LogP contribution in [0.5, 0.6) is 0 Å². The van der Waals surface area contributed by atoms with E-state index in [4.69, 9.17) is 0 Å². The van der Waals surface area contributed by atoms with Crippen molar-refractivity contribution in [2.45, 2.75) is 44.4 Å². The number of nitrogens with zero attached hydrogens (tertiary/aromatic N) is 1. The molecule has 132 valence electrons. The van der Waals surface area contributed by atoms with Crippen molar-refractivity contribution in [2.24, 2.45) is 0 Å². The van der Waals surface area contributed by atoms with Gasteiger partial charge in [-0.2, -0.15) is 0 Å². The van der Waals surface area contributed by atoms with Gasteiger partial charge >= 0.3 is 0 Å². The quantitative estimate of drug-likeness (QED) is 0.650. The number of benzene rings is 1. The summed E-state index contributed by atoms with van der Waals surface area (Å²) in [7, 11) is 0. The summed E-state index contributed by atoms with van der Waals surface area (Å²) in [6.07, 6.45) is 1.89. The monoisotopic (exact) mass is 342 g/mol. The topological polar surface area (TPSA) is 90.5 Å². The highest BCUT2D eigenvalue weighted by Gasteiger charge is 2.38. The van der Waals surface area contributed by atoms with Crippen LogP contribution in [0.3, 0.4) is 0 Å². The number of hydrogen-bond donors (Lipinski definition) is 3. The highest BCUT2D eigenvalue weighted by Crippen LogP contribution is 2.28. The third-order valence-corrected chi connectivity index (χ3v) is 5.23. The molecule has 0 aromatic heterocycles. The van der Waals surface area contributed by atoms with Gasteiger partial charge in [0.1, 0.15) is 6.04 Å². The van der Waals surface area contributed by atoms with Gasteiger partial charge in [0, 0.05) is 37.7 Å². The minimum absolute atomic E-state index is 0.123. The van der Waals surface area contributed by atoms with Gasteiger partial charge in [-0.3, -0.25) is 19.7 Å². The van der Waals surface area contributed by atoms with Crippen LogP contribution in [-0.2, 0) is 22.7 Å². The average molecular weight is 342 g/mol. The van der Waals surface area contributed by atoms with E-state index in [0.717, 1.165) is 30.8 Å². The molecule has 3 aliphatic heterocycles. The summed E-state index contributed by atoms with van der Waals surface area (Å²) >= 11 is 0. The smallest absolute Gasteiger partial charge is 0.255 e. The number of carbonyl (C=O) groups is 3. The van der Waals surface area contributed by atoms with E-state index in [1.54, 1.807) is 4.90 Å². The highest BCUT2D eigenvalue weighted by atomic mass is 16.2. The van der Waals surface area contributed by atoms with Gasteiger partial charge in [0.2, 0.25) is 11.8 Å². The van der Waals surface area contributed by atoms with Crippen molar-refractivity contribution in [3.8, 4) is 0 Å². The van der Waals surface area contributed by atoms with Crippen LogP contribution >= 0.6 is 0 Å². The molecule has 7 nitrogen and oxygen atoms in total. The predicted octanol–water partition coefficient (Wildman–Crippen LogP) is -0.101. The third kappa shape index (κ3) is 3.17. The van der Waals surface area contributed by atoms with Crippen molar-refractivity contribution < 1.29 is 14.4 Å². The van der Waals surface area contributed by atoms with E-state index in [9.17, 15) is 14.4 Å². The first-order valence-corrected chi connectivity index (χ1v) is 8.82. The van der Waals surface area contributed by atoms with Crippen LogP contribution in [0.25, 0.3) is 0 Å². The molecule has 3 amide bonds. The standard InChI is InChI=1S/C18H22N4O3/c23-16-4-3-15(17(24)21-16)22-10-12-7-11(1-2-14(12)18(22)25)8-19-9-13-5-6-20-13/h1-2,7,13,15,19-20H,3-6,8-10H2,(H,21,23,24)/t13-,15?/m1/s1. The lowest BCUT2D eigenvalue weighted by Gasteiger charge is -2.29. The van der Waals surface area contributed by atoms with Crippen LogP contribution in [0.2, 0.25) is 0 Å². The Morgan fingerprint density at radius 1 is 1.20 bits per heavy atom. The zero-order valence-corrected chi connectivity index (χ0v) is 14.0. The summed E-state index contributed by atoms with van der Waals surface area (Å²) in [6, 6.07) is 5.87. The van der Waals surface area contributed by atoms with E-state index in [2.05, 4.69) is 16.0 Å². The van der Waals surface area contributed by atoms with Crippen molar-refractivity contribution in [3.05, 3.63) is 34.9 Å². The van der Waals surface area contributed by atoms with Crippen molar-refractivity contribution in [2.75, 3.05) is 13.1 Å². The second-order valence-corrected chi connectivity index (χ2v) is 6.96. The Balaban J connectivity index is 1.41. The van der Waals surface area contributed by atoms with Crippen molar-refractivity contribution in [3.63, 3.8) is 0 Å². The first-order valence-electron chi connectivity index (χ1n) is 8.82. The molecule has 25 heavy (non-hydrogen) atoms. The molecule has 2 fully saturated rings. The fourth-order valence-corrected chi connectivity index (χ4v) is 3.65. The first kappa shape index (κ1) is 16.2. The Hall–Kier alpha value is -2.25. The highest BCUT2D eigenvalue weighted by molar-refractivity contribution is 6.05.